The molecule has 2 aromatic heterocycles. The lowest BCUT2D eigenvalue weighted by atomic mass is 10.2. The number of furan rings is 1. The topological polar surface area (TPSA) is 53.7 Å². The van der Waals surface area contributed by atoms with Crippen LogP contribution in [0.4, 0.5) is 0 Å². The lowest BCUT2D eigenvalue weighted by molar-refractivity contribution is 0.0661. The van der Waals surface area contributed by atoms with Crippen molar-refractivity contribution in [2.75, 3.05) is 0 Å². The number of aromatic carboxylic acids is 1. The van der Waals surface area contributed by atoms with Gasteiger partial charge in [-0.3, -0.25) is 4.90 Å². The maximum atomic E-state index is 10.9. The first-order valence-electron chi connectivity index (χ1n) is 6.72. The van der Waals surface area contributed by atoms with E-state index in [9.17, 15) is 4.79 Å². The van der Waals surface area contributed by atoms with E-state index in [1.165, 1.54) is 17.7 Å². The van der Waals surface area contributed by atoms with Crippen molar-refractivity contribution in [1.29, 1.82) is 0 Å². The molecular formula is C15H17NO3S. The number of carboxylic acid groups (broad SMARTS) is 1. The molecule has 1 saturated carbocycles. The molecular weight excluding hydrogens is 274 g/mol. The Labute approximate surface area is 121 Å². The Morgan fingerprint density at radius 2 is 2.30 bits per heavy atom. The van der Waals surface area contributed by atoms with Crippen LogP contribution in [0.5, 0.6) is 0 Å². The fourth-order valence-electron chi connectivity index (χ4n) is 2.36. The van der Waals surface area contributed by atoms with Gasteiger partial charge in [-0.1, -0.05) is 6.07 Å². The van der Waals surface area contributed by atoms with Crippen LogP contribution in [-0.2, 0) is 13.1 Å². The van der Waals surface area contributed by atoms with Gasteiger partial charge in [0.15, 0.2) is 0 Å². The van der Waals surface area contributed by atoms with Crippen LogP contribution >= 0.6 is 11.3 Å². The van der Waals surface area contributed by atoms with E-state index in [2.05, 4.69) is 22.4 Å². The van der Waals surface area contributed by atoms with Crippen molar-refractivity contribution in [1.82, 2.24) is 4.90 Å². The maximum absolute atomic E-state index is 10.9. The van der Waals surface area contributed by atoms with Crippen molar-refractivity contribution >= 4 is 17.3 Å². The summed E-state index contributed by atoms with van der Waals surface area (Å²) < 4.78 is 5.29. The zero-order valence-electron chi connectivity index (χ0n) is 11.3. The molecule has 0 amide bonds. The molecule has 1 fully saturated rings. The smallest absolute Gasteiger partial charge is 0.371 e. The molecule has 2 heterocycles. The number of rotatable bonds is 6. The zero-order chi connectivity index (χ0) is 14.1. The molecule has 0 saturated heterocycles. The molecule has 0 bridgehead atoms. The second-order valence-corrected chi connectivity index (χ2v) is 6.24. The number of aryl methyl sites for hydroxylation is 1. The van der Waals surface area contributed by atoms with E-state index in [1.54, 1.807) is 17.4 Å². The molecule has 2 aromatic rings. The van der Waals surface area contributed by atoms with Crippen molar-refractivity contribution in [3.63, 3.8) is 0 Å². The minimum Gasteiger partial charge on any atom is -0.475 e. The fourth-order valence-corrected chi connectivity index (χ4v) is 3.09. The summed E-state index contributed by atoms with van der Waals surface area (Å²) >= 11 is 1.76. The third kappa shape index (κ3) is 2.94. The Kier molecular flexibility index (Phi) is 3.63. The number of hydrogen-bond donors (Lipinski definition) is 1. The van der Waals surface area contributed by atoms with E-state index in [1.807, 2.05) is 6.92 Å². The van der Waals surface area contributed by atoms with Crippen LogP contribution in [0.1, 0.15) is 39.6 Å². The Morgan fingerprint density at radius 3 is 2.85 bits per heavy atom. The van der Waals surface area contributed by atoms with Gasteiger partial charge in [-0.15, -0.1) is 11.3 Å². The fraction of sp³-hybridized carbons (Fsp3) is 0.400. The van der Waals surface area contributed by atoms with Crippen LogP contribution in [0.25, 0.3) is 0 Å². The molecule has 0 spiro atoms. The number of carbonyl (C=O) groups is 1. The minimum absolute atomic E-state index is 0.0318. The van der Waals surface area contributed by atoms with E-state index in [0.717, 1.165) is 18.7 Å². The van der Waals surface area contributed by atoms with Crippen molar-refractivity contribution in [2.24, 2.45) is 0 Å². The summed E-state index contributed by atoms with van der Waals surface area (Å²) in [7, 11) is 0. The molecule has 1 aliphatic rings. The van der Waals surface area contributed by atoms with Gasteiger partial charge in [0.1, 0.15) is 5.76 Å². The summed E-state index contributed by atoms with van der Waals surface area (Å²) in [6, 6.07) is 6.49. The second-order valence-electron chi connectivity index (χ2n) is 5.21. The van der Waals surface area contributed by atoms with Gasteiger partial charge in [-0.2, -0.15) is 0 Å². The van der Waals surface area contributed by atoms with Gasteiger partial charge in [0, 0.05) is 29.6 Å². The van der Waals surface area contributed by atoms with Gasteiger partial charge in [0.2, 0.25) is 5.76 Å². The SMILES string of the molecule is Cc1oc(C(=O)O)cc1CN(Cc1cccs1)C1CC1. The number of hydrogen-bond acceptors (Lipinski definition) is 4. The Bertz CT molecular complexity index is 599. The van der Waals surface area contributed by atoms with Crippen molar-refractivity contribution in [3.8, 4) is 0 Å². The Balaban J connectivity index is 1.74. The quantitative estimate of drug-likeness (QED) is 0.885. The van der Waals surface area contributed by atoms with Gasteiger partial charge in [-0.25, -0.2) is 4.79 Å². The van der Waals surface area contributed by atoms with Crippen LogP contribution in [0.2, 0.25) is 0 Å². The van der Waals surface area contributed by atoms with Crippen molar-refractivity contribution < 1.29 is 14.3 Å². The molecule has 3 rings (SSSR count). The normalized spacial score (nSPS) is 14.9. The van der Waals surface area contributed by atoms with E-state index >= 15 is 0 Å². The number of thiophene rings is 1. The highest BCUT2D eigenvalue weighted by atomic mass is 32.1. The highest BCUT2D eigenvalue weighted by molar-refractivity contribution is 7.09. The van der Waals surface area contributed by atoms with Gasteiger partial charge < -0.3 is 9.52 Å². The molecule has 1 N–H and O–H groups in total. The molecule has 4 nitrogen and oxygen atoms in total. The van der Waals surface area contributed by atoms with Gasteiger partial charge in [0.05, 0.1) is 0 Å². The lowest BCUT2D eigenvalue weighted by Crippen LogP contribution is -2.24. The average molecular weight is 291 g/mol. The molecule has 0 aromatic carbocycles. The third-order valence-corrected chi connectivity index (χ3v) is 4.47. The Hall–Kier alpha value is -1.59. The van der Waals surface area contributed by atoms with Crippen LogP contribution in [0.15, 0.2) is 28.0 Å². The molecule has 0 radical (unpaired) electrons. The van der Waals surface area contributed by atoms with Gasteiger partial charge in [-0.05, 0) is 37.3 Å². The predicted octanol–water partition coefficient (Wildman–Crippen LogP) is 3.51. The van der Waals surface area contributed by atoms with Gasteiger partial charge in [0.25, 0.3) is 0 Å². The van der Waals surface area contributed by atoms with E-state index < -0.39 is 5.97 Å². The lowest BCUT2D eigenvalue weighted by Gasteiger charge is -2.20. The first-order valence-corrected chi connectivity index (χ1v) is 7.60. The maximum Gasteiger partial charge on any atom is 0.371 e. The standard InChI is InChI=1S/C15H17NO3S/c1-10-11(7-14(19-10)15(17)18)8-16(12-4-5-12)9-13-3-2-6-20-13/h2-3,6-7,12H,4-5,8-9H2,1H3,(H,17,18). The van der Waals surface area contributed by atoms with Gasteiger partial charge >= 0.3 is 5.97 Å². The Morgan fingerprint density at radius 1 is 1.50 bits per heavy atom. The zero-order valence-corrected chi connectivity index (χ0v) is 12.2. The van der Waals surface area contributed by atoms with E-state index in [0.29, 0.717) is 11.8 Å². The molecule has 0 unspecified atom stereocenters. The van der Waals surface area contributed by atoms with Crippen LogP contribution in [-0.4, -0.2) is 22.0 Å². The summed E-state index contributed by atoms with van der Waals surface area (Å²) in [6.45, 7) is 3.51. The van der Waals surface area contributed by atoms with Crippen LogP contribution in [0.3, 0.4) is 0 Å². The average Bonchev–Trinajstić information content (AvgIpc) is 3.01. The van der Waals surface area contributed by atoms with Crippen LogP contribution in [0, 0.1) is 6.92 Å². The molecule has 0 aliphatic heterocycles. The van der Waals surface area contributed by atoms with Crippen LogP contribution < -0.4 is 0 Å². The first kappa shape index (κ1) is 13.4. The molecule has 0 atom stereocenters. The monoisotopic (exact) mass is 291 g/mol. The molecule has 5 heteroatoms. The minimum atomic E-state index is -1.00. The molecule has 1 aliphatic carbocycles. The predicted molar refractivity (Wildman–Crippen MR) is 77.0 cm³/mol. The summed E-state index contributed by atoms with van der Waals surface area (Å²) in [5.41, 5.74) is 0.978. The summed E-state index contributed by atoms with van der Waals surface area (Å²) in [5.74, 6) is -0.265. The van der Waals surface area contributed by atoms with E-state index in [-0.39, 0.29) is 5.76 Å². The number of nitrogens with zero attached hydrogens (tertiary/aromatic N) is 1. The third-order valence-electron chi connectivity index (χ3n) is 3.61. The van der Waals surface area contributed by atoms with Crippen molar-refractivity contribution in [2.45, 2.75) is 38.9 Å². The second kappa shape index (κ2) is 5.42. The number of carboxylic acids is 1. The van der Waals surface area contributed by atoms with E-state index in [4.69, 9.17) is 9.52 Å². The summed E-state index contributed by atoms with van der Waals surface area (Å²) in [4.78, 5) is 14.7. The van der Waals surface area contributed by atoms with Crippen molar-refractivity contribution in [3.05, 3.63) is 45.5 Å². The summed E-state index contributed by atoms with van der Waals surface area (Å²) in [5, 5.41) is 11.1. The molecule has 106 valence electrons. The molecule has 20 heavy (non-hydrogen) atoms. The summed E-state index contributed by atoms with van der Waals surface area (Å²) in [6.07, 6.45) is 2.46. The first-order chi connectivity index (χ1) is 9.63. The largest absolute Gasteiger partial charge is 0.475 e. The highest BCUT2D eigenvalue weighted by Gasteiger charge is 2.30. The highest BCUT2D eigenvalue weighted by Crippen LogP contribution is 2.31.